The highest BCUT2D eigenvalue weighted by atomic mass is 32.1. The van der Waals surface area contributed by atoms with Gasteiger partial charge in [-0.25, -0.2) is 4.98 Å². The van der Waals surface area contributed by atoms with Crippen molar-refractivity contribution in [3.05, 3.63) is 15.6 Å². The first-order valence-corrected chi connectivity index (χ1v) is 7.26. The number of carboxylic acid groups (broad SMARTS) is 1. The van der Waals surface area contributed by atoms with E-state index in [1.54, 1.807) is 11.3 Å². The molecule has 1 rings (SSSR count). The molecule has 0 unspecified atom stereocenters. The Kier molecular flexibility index (Phi) is 6.29. The van der Waals surface area contributed by atoms with Gasteiger partial charge in [0.05, 0.1) is 17.1 Å². The summed E-state index contributed by atoms with van der Waals surface area (Å²) in [4.78, 5) is 18.6. The SMILES string of the molecule is CCCCN(C)Cc1sc(CC)nc1CC(=O)O. The number of carbonyl (C=O) groups is 1. The normalized spacial score (nSPS) is 11.1. The number of aryl methyl sites for hydroxylation is 1. The number of nitrogens with zero attached hydrogens (tertiary/aromatic N) is 2. The summed E-state index contributed by atoms with van der Waals surface area (Å²) in [6, 6.07) is 0. The number of aromatic nitrogens is 1. The Morgan fingerprint density at radius 1 is 1.44 bits per heavy atom. The predicted molar refractivity (Wildman–Crippen MR) is 74.1 cm³/mol. The molecule has 0 spiro atoms. The van der Waals surface area contributed by atoms with Crippen LogP contribution in [-0.2, 0) is 24.2 Å². The van der Waals surface area contributed by atoms with Gasteiger partial charge in [-0.2, -0.15) is 0 Å². The Balaban J connectivity index is 2.72. The first-order chi connectivity index (χ1) is 8.56. The average molecular weight is 270 g/mol. The second kappa shape index (κ2) is 7.48. The molecule has 1 aromatic heterocycles. The van der Waals surface area contributed by atoms with Crippen molar-refractivity contribution in [2.24, 2.45) is 0 Å². The number of hydrogen-bond donors (Lipinski definition) is 1. The summed E-state index contributed by atoms with van der Waals surface area (Å²) >= 11 is 1.65. The van der Waals surface area contributed by atoms with Crippen LogP contribution in [0.15, 0.2) is 0 Å². The van der Waals surface area contributed by atoms with E-state index in [1.807, 2.05) is 6.92 Å². The maximum Gasteiger partial charge on any atom is 0.309 e. The highest BCUT2D eigenvalue weighted by Crippen LogP contribution is 2.21. The molecule has 0 amide bonds. The number of thiazole rings is 1. The molecule has 0 bridgehead atoms. The van der Waals surface area contributed by atoms with Crippen LogP contribution >= 0.6 is 11.3 Å². The molecule has 1 heterocycles. The molecule has 4 nitrogen and oxygen atoms in total. The minimum Gasteiger partial charge on any atom is -0.481 e. The van der Waals surface area contributed by atoms with Crippen LogP contribution in [0.1, 0.15) is 42.3 Å². The van der Waals surface area contributed by atoms with Crippen molar-refractivity contribution >= 4 is 17.3 Å². The van der Waals surface area contributed by atoms with Crippen LogP contribution in [0.25, 0.3) is 0 Å². The highest BCUT2D eigenvalue weighted by Gasteiger charge is 2.14. The van der Waals surface area contributed by atoms with E-state index in [1.165, 1.54) is 12.8 Å². The first-order valence-electron chi connectivity index (χ1n) is 6.44. The summed E-state index contributed by atoms with van der Waals surface area (Å²) in [7, 11) is 2.07. The fourth-order valence-electron chi connectivity index (χ4n) is 1.75. The molecule has 0 aromatic carbocycles. The Morgan fingerprint density at radius 3 is 2.72 bits per heavy atom. The molecule has 0 atom stereocenters. The van der Waals surface area contributed by atoms with Crippen LogP contribution in [0, 0.1) is 0 Å². The summed E-state index contributed by atoms with van der Waals surface area (Å²) in [5, 5.41) is 9.93. The van der Waals surface area contributed by atoms with E-state index >= 15 is 0 Å². The first kappa shape index (κ1) is 15.1. The second-order valence-corrected chi connectivity index (χ2v) is 5.66. The molecule has 0 aliphatic heterocycles. The molecule has 0 saturated heterocycles. The van der Waals surface area contributed by atoms with E-state index in [0.29, 0.717) is 0 Å². The van der Waals surface area contributed by atoms with Gasteiger partial charge in [-0.3, -0.25) is 4.79 Å². The van der Waals surface area contributed by atoms with E-state index in [0.717, 1.165) is 35.1 Å². The van der Waals surface area contributed by atoms with Gasteiger partial charge in [0.2, 0.25) is 0 Å². The van der Waals surface area contributed by atoms with E-state index < -0.39 is 5.97 Å². The van der Waals surface area contributed by atoms with Crippen molar-refractivity contribution in [3.8, 4) is 0 Å². The number of carboxylic acids is 1. The summed E-state index contributed by atoms with van der Waals surface area (Å²) < 4.78 is 0. The Labute approximate surface area is 113 Å². The van der Waals surface area contributed by atoms with E-state index in [9.17, 15) is 4.79 Å². The maximum atomic E-state index is 10.8. The minimum atomic E-state index is -0.805. The smallest absolute Gasteiger partial charge is 0.309 e. The molecule has 5 heteroatoms. The van der Waals surface area contributed by atoms with Crippen molar-refractivity contribution in [2.45, 2.75) is 46.1 Å². The topological polar surface area (TPSA) is 53.4 Å². The molecule has 1 N–H and O–H groups in total. The second-order valence-electron chi connectivity index (χ2n) is 4.49. The Morgan fingerprint density at radius 2 is 2.17 bits per heavy atom. The third kappa shape index (κ3) is 4.74. The Hall–Kier alpha value is -0.940. The zero-order valence-corrected chi connectivity index (χ0v) is 12.2. The van der Waals surface area contributed by atoms with Gasteiger partial charge in [0.15, 0.2) is 0 Å². The summed E-state index contributed by atoms with van der Waals surface area (Å²) in [6.07, 6.45) is 3.25. The van der Waals surface area contributed by atoms with Crippen molar-refractivity contribution in [1.82, 2.24) is 9.88 Å². The average Bonchev–Trinajstić information content (AvgIpc) is 2.68. The molecule has 102 valence electrons. The predicted octanol–water partition coefficient (Wildman–Crippen LogP) is 2.56. The zero-order valence-electron chi connectivity index (χ0n) is 11.4. The van der Waals surface area contributed by atoms with Gasteiger partial charge >= 0.3 is 5.97 Å². The number of aliphatic carboxylic acids is 1. The molecule has 0 aliphatic carbocycles. The van der Waals surface area contributed by atoms with Crippen LogP contribution in [0.4, 0.5) is 0 Å². The fourth-order valence-corrected chi connectivity index (χ4v) is 2.85. The highest BCUT2D eigenvalue weighted by molar-refractivity contribution is 7.11. The van der Waals surface area contributed by atoms with Crippen molar-refractivity contribution in [3.63, 3.8) is 0 Å². The quantitative estimate of drug-likeness (QED) is 0.789. The summed E-state index contributed by atoms with van der Waals surface area (Å²) in [6.45, 7) is 6.07. The number of unbranched alkanes of at least 4 members (excludes halogenated alkanes) is 1. The summed E-state index contributed by atoms with van der Waals surface area (Å²) in [5.41, 5.74) is 0.743. The van der Waals surface area contributed by atoms with Gasteiger partial charge in [-0.1, -0.05) is 20.3 Å². The molecule has 18 heavy (non-hydrogen) atoms. The monoisotopic (exact) mass is 270 g/mol. The third-order valence-corrected chi connectivity index (χ3v) is 3.98. The Bertz CT molecular complexity index is 390. The van der Waals surface area contributed by atoms with Crippen molar-refractivity contribution in [1.29, 1.82) is 0 Å². The van der Waals surface area contributed by atoms with Crippen LogP contribution in [0.3, 0.4) is 0 Å². The van der Waals surface area contributed by atoms with Crippen molar-refractivity contribution < 1.29 is 9.90 Å². The van der Waals surface area contributed by atoms with E-state index in [2.05, 4.69) is 23.9 Å². The van der Waals surface area contributed by atoms with E-state index in [4.69, 9.17) is 5.11 Å². The van der Waals surface area contributed by atoms with Gasteiger partial charge in [-0.05, 0) is 26.4 Å². The third-order valence-electron chi connectivity index (χ3n) is 2.75. The lowest BCUT2D eigenvalue weighted by molar-refractivity contribution is -0.136. The van der Waals surface area contributed by atoms with Gasteiger partial charge in [0.1, 0.15) is 0 Å². The van der Waals surface area contributed by atoms with Crippen LogP contribution < -0.4 is 0 Å². The molecule has 0 aliphatic rings. The van der Waals surface area contributed by atoms with Crippen LogP contribution in [0.2, 0.25) is 0 Å². The maximum absolute atomic E-state index is 10.8. The fraction of sp³-hybridized carbons (Fsp3) is 0.692. The van der Waals surface area contributed by atoms with Crippen molar-refractivity contribution in [2.75, 3.05) is 13.6 Å². The van der Waals surface area contributed by atoms with Crippen LogP contribution in [0.5, 0.6) is 0 Å². The molecule has 0 fully saturated rings. The molecular weight excluding hydrogens is 248 g/mol. The standard InChI is InChI=1S/C13H22N2O2S/c1-4-6-7-15(3)9-11-10(8-13(16)17)14-12(5-2)18-11/h4-9H2,1-3H3,(H,16,17). The molecular formula is C13H22N2O2S. The number of hydrogen-bond acceptors (Lipinski definition) is 4. The summed E-state index contributed by atoms with van der Waals surface area (Å²) in [5.74, 6) is -0.805. The zero-order chi connectivity index (χ0) is 13.5. The minimum absolute atomic E-state index is 0.0352. The lowest BCUT2D eigenvalue weighted by Gasteiger charge is -2.15. The molecule has 0 saturated carbocycles. The largest absolute Gasteiger partial charge is 0.481 e. The van der Waals surface area contributed by atoms with Gasteiger partial charge < -0.3 is 10.0 Å². The molecule has 1 aromatic rings. The van der Waals surface area contributed by atoms with Gasteiger partial charge in [0.25, 0.3) is 0 Å². The van der Waals surface area contributed by atoms with Crippen LogP contribution in [-0.4, -0.2) is 34.6 Å². The molecule has 0 radical (unpaired) electrons. The van der Waals surface area contributed by atoms with E-state index in [-0.39, 0.29) is 6.42 Å². The van der Waals surface area contributed by atoms with Gasteiger partial charge in [-0.15, -0.1) is 11.3 Å². The number of rotatable bonds is 8. The van der Waals surface area contributed by atoms with Gasteiger partial charge in [0, 0.05) is 11.4 Å². The lowest BCUT2D eigenvalue weighted by atomic mass is 10.2. The lowest BCUT2D eigenvalue weighted by Crippen LogP contribution is -2.19.